The van der Waals surface area contributed by atoms with E-state index in [2.05, 4.69) is 24.0 Å². The van der Waals surface area contributed by atoms with Crippen molar-refractivity contribution in [2.45, 2.75) is 32.2 Å². The van der Waals surface area contributed by atoms with E-state index in [1.807, 2.05) is 12.1 Å². The first-order valence-corrected chi connectivity index (χ1v) is 7.30. The van der Waals surface area contributed by atoms with E-state index < -0.39 is 0 Å². The Bertz CT molecular complexity index is 373. The molecule has 1 aromatic carbocycles. The Balaban J connectivity index is 0.00000200. The highest BCUT2D eigenvalue weighted by Crippen LogP contribution is 2.20. The van der Waals surface area contributed by atoms with Crippen LogP contribution in [0.3, 0.4) is 0 Å². The summed E-state index contributed by atoms with van der Waals surface area (Å²) < 4.78 is 5.18. The molecule has 2 rings (SSSR count). The van der Waals surface area contributed by atoms with Crippen molar-refractivity contribution < 1.29 is 4.74 Å². The zero-order valence-electron chi connectivity index (χ0n) is 12.5. The summed E-state index contributed by atoms with van der Waals surface area (Å²) in [6.07, 6.45) is 3.62. The summed E-state index contributed by atoms with van der Waals surface area (Å²) in [4.78, 5) is 2.56. The van der Waals surface area contributed by atoms with Gasteiger partial charge in [-0.25, -0.2) is 0 Å². The third kappa shape index (κ3) is 4.97. The van der Waals surface area contributed by atoms with E-state index in [4.69, 9.17) is 10.5 Å². The van der Waals surface area contributed by atoms with Crippen molar-refractivity contribution >= 4 is 12.4 Å². The number of methoxy groups -OCH3 is 1. The smallest absolute Gasteiger partial charge is 0.118 e. The maximum atomic E-state index is 5.97. The van der Waals surface area contributed by atoms with Crippen molar-refractivity contribution in [3.63, 3.8) is 0 Å². The Hall–Kier alpha value is -0.770. The van der Waals surface area contributed by atoms with Gasteiger partial charge in [-0.15, -0.1) is 12.4 Å². The lowest BCUT2D eigenvalue weighted by Crippen LogP contribution is -2.40. The molecule has 1 unspecified atom stereocenters. The van der Waals surface area contributed by atoms with Gasteiger partial charge >= 0.3 is 0 Å². The molecule has 0 bridgehead atoms. The van der Waals surface area contributed by atoms with Crippen LogP contribution in [0.5, 0.6) is 5.75 Å². The van der Waals surface area contributed by atoms with Gasteiger partial charge in [-0.2, -0.15) is 0 Å². The molecule has 1 saturated heterocycles. The molecule has 20 heavy (non-hydrogen) atoms. The summed E-state index contributed by atoms with van der Waals surface area (Å²) >= 11 is 0. The second-order valence-corrected chi connectivity index (χ2v) is 5.64. The van der Waals surface area contributed by atoms with E-state index in [1.54, 1.807) is 7.11 Å². The van der Waals surface area contributed by atoms with Crippen LogP contribution in [-0.4, -0.2) is 37.7 Å². The third-order valence-electron chi connectivity index (χ3n) is 4.25. The van der Waals surface area contributed by atoms with Gasteiger partial charge in [0, 0.05) is 12.6 Å². The maximum Gasteiger partial charge on any atom is 0.118 e. The average Bonchev–Trinajstić information content (AvgIpc) is 2.46. The van der Waals surface area contributed by atoms with Crippen LogP contribution in [0.1, 0.15) is 25.3 Å². The van der Waals surface area contributed by atoms with Gasteiger partial charge in [0.15, 0.2) is 0 Å². The highest BCUT2D eigenvalue weighted by molar-refractivity contribution is 5.85. The minimum atomic E-state index is 0. The molecule has 0 radical (unpaired) electrons. The lowest BCUT2D eigenvalue weighted by molar-refractivity contribution is 0.174. The number of nitrogens with two attached hydrogens (primary N) is 1. The maximum absolute atomic E-state index is 5.97. The Labute approximate surface area is 128 Å². The minimum Gasteiger partial charge on any atom is -0.497 e. The lowest BCUT2D eigenvalue weighted by atomic mass is 9.91. The number of hydrogen-bond acceptors (Lipinski definition) is 3. The zero-order valence-corrected chi connectivity index (χ0v) is 13.4. The van der Waals surface area contributed by atoms with E-state index >= 15 is 0 Å². The van der Waals surface area contributed by atoms with Crippen molar-refractivity contribution in [1.82, 2.24) is 4.90 Å². The Morgan fingerprint density at radius 1 is 1.25 bits per heavy atom. The molecule has 0 aromatic heterocycles. The van der Waals surface area contributed by atoms with Gasteiger partial charge in [-0.05, 0) is 62.9 Å². The fraction of sp³-hybridized carbons (Fsp3) is 0.625. The van der Waals surface area contributed by atoms with Crippen molar-refractivity contribution in [2.24, 2.45) is 11.7 Å². The summed E-state index contributed by atoms with van der Waals surface area (Å²) in [6.45, 7) is 5.68. The SMILES string of the molecule is COc1ccc(CCN2CCC(C(C)N)CC2)cc1.Cl. The number of nitrogens with zero attached hydrogens (tertiary/aromatic N) is 1. The summed E-state index contributed by atoms with van der Waals surface area (Å²) in [7, 11) is 1.71. The Kier molecular flexibility index (Phi) is 7.35. The lowest BCUT2D eigenvalue weighted by Gasteiger charge is -2.33. The Morgan fingerprint density at radius 3 is 2.35 bits per heavy atom. The largest absolute Gasteiger partial charge is 0.497 e. The summed E-state index contributed by atoms with van der Waals surface area (Å²) in [5, 5.41) is 0. The predicted octanol–water partition coefficient (Wildman–Crippen LogP) is 2.72. The molecule has 0 spiro atoms. The first kappa shape index (κ1) is 17.3. The molecule has 1 fully saturated rings. The summed E-state index contributed by atoms with van der Waals surface area (Å²) in [5.74, 6) is 1.65. The monoisotopic (exact) mass is 298 g/mol. The van der Waals surface area contributed by atoms with Crippen LogP contribution < -0.4 is 10.5 Å². The van der Waals surface area contributed by atoms with Crippen molar-refractivity contribution in [2.75, 3.05) is 26.7 Å². The van der Waals surface area contributed by atoms with Crippen LogP contribution in [0.4, 0.5) is 0 Å². The van der Waals surface area contributed by atoms with Crippen LogP contribution in [0.2, 0.25) is 0 Å². The number of ether oxygens (including phenoxy) is 1. The van der Waals surface area contributed by atoms with Gasteiger partial charge < -0.3 is 15.4 Å². The molecule has 1 atom stereocenters. The van der Waals surface area contributed by atoms with Gasteiger partial charge in [0.05, 0.1) is 7.11 Å². The molecule has 1 heterocycles. The fourth-order valence-corrected chi connectivity index (χ4v) is 2.78. The highest BCUT2D eigenvalue weighted by Gasteiger charge is 2.21. The molecule has 0 amide bonds. The third-order valence-corrected chi connectivity index (χ3v) is 4.25. The number of hydrogen-bond donors (Lipinski definition) is 1. The fourth-order valence-electron chi connectivity index (χ4n) is 2.78. The molecule has 0 saturated carbocycles. The molecule has 0 aliphatic carbocycles. The van der Waals surface area contributed by atoms with E-state index in [-0.39, 0.29) is 12.4 Å². The van der Waals surface area contributed by atoms with E-state index in [1.165, 1.54) is 31.5 Å². The summed E-state index contributed by atoms with van der Waals surface area (Å²) in [5.41, 5.74) is 7.36. The van der Waals surface area contributed by atoms with Gasteiger partial charge in [-0.3, -0.25) is 0 Å². The van der Waals surface area contributed by atoms with Crippen molar-refractivity contribution in [1.29, 1.82) is 0 Å². The number of piperidine rings is 1. The van der Waals surface area contributed by atoms with Crippen LogP contribution in [0, 0.1) is 5.92 Å². The number of rotatable bonds is 5. The molecule has 1 aromatic rings. The standard InChI is InChI=1S/C16H26N2O.ClH/c1-13(17)15-8-11-18(12-9-15)10-7-14-3-5-16(19-2)6-4-14;/h3-6,13,15H,7-12,17H2,1-2H3;1H. The van der Waals surface area contributed by atoms with Crippen molar-refractivity contribution in [3.05, 3.63) is 29.8 Å². The van der Waals surface area contributed by atoms with Crippen LogP contribution in [0.25, 0.3) is 0 Å². The average molecular weight is 299 g/mol. The number of likely N-dealkylation sites (tertiary alicyclic amines) is 1. The molecule has 1 aliphatic heterocycles. The van der Waals surface area contributed by atoms with Gasteiger partial charge in [0.1, 0.15) is 5.75 Å². The van der Waals surface area contributed by atoms with Crippen molar-refractivity contribution in [3.8, 4) is 5.75 Å². The number of benzene rings is 1. The van der Waals surface area contributed by atoms with E-state index in [0.717, 1.165) is 24.6 Å². The first-order chi connectivity index (χ1) is 9.19. The highest BCUT2D eigenvalue weighted by atomic mass is 35.5. The van der Waals surface area contributed by atoms with Crippen LogP contribution in [0.15, 0.2) is 24.3 Å². The number of halogens is 1. The van der Waals surface area contributed by atoms with Crippen LogP contribution >= 0.6 is 12.4 Å². The normalized spacial score (nSPS) is 18.4. The quantitative estimate of drug-likeness (QED) is 0.908. The second-order valence-electron chi connectivity index (χ2n) is 5.64. The molecule has 4 heteroatoms. The predicted molar refractivity (Wildman–Crippen MR) is 86.8 cm³/mol. The molecule has 3 nitrogen and oxygen atoms in total. The second kappa shape index (κ2) is 8.50. The molecule has 2 N–H and O–H groups in total. The van der Waals surface area contributed by atoms with E-state index in [0.29, 0.717) is 6.04 Å². The summed E-state index contributed by atoms with van der Waals surface area (Å²) in [6, 6.07) is 8.75. The van der Waals surface area contributed by atoms with Gasteiger partial charge in [0.25, 0.3) is 0 Å². The Morgan fingerprint density at radius 2 is 1.85 bits per heavy atom. The topological polar surface area (TPSA) is 38.5 Å². The van der Waals surface area contributed by atoms with E-state index in [9.17, 15) is 0 Å². The van der Waals surface area contributed by atoms with Crippen LogP contribution in [-0.2, 0) is 6.42 Å². The first-order valence-electron chi connectivity index (χ1n) is 7.30. The zero-order chi connectivity index (χ0) is 13.7. The van der Waals surface area contributed by atoms with Gasteiger partial charge in [-0.1, -0.05) is 12.1 Å². The molecular formula is C16H27ClN2O. The molecular weight excluding hydrogens is 272 g/mol. The minimum absolute atomic E-state index is 0. The molecule has 114 valence electrons. The van der Waals surface area contributed by atoms with Gasteiger partial charge in [0.2, 0.25) is 0 Å². The molecule has 1 aliphatic rings.